The Bertz CT molecular complexity index is 414. The van der Waals surface area contributed by atoms with Gasteiger partial charge in [0.2, 0.25) is 0 Å². The lowest BCUT2D eigenvalue weighted by Gasteiger charge is -2.05. The van der Waals surface area contributed by atoms with Crippen molar-refractivity contribution in [2.24, 2.45) is 0 Å². The van der Waals surface area contributed by atoms with E-state index in [1.54, 1.807) is 12.3 Å². The maximum atomic E-state index is 10.8. The summed E-state index contributed by atoms with van der Waals surface area (Å²) in [7, 11) is -3.54. The largest absolute Gasteiger partial charge is 0.300 e. The molecule has 5 nitrogen and oxygen atoms in total. The topological polar surface area (TPSA) is 86.9 Å². The molecule has 0 aliphatic rings. The maximum Gasteiger partial charge on any atom is 0.165 e. The monoisotopic (exact) mass is 215 g/mol. The van der Waals surface area contributed by atoms with Gasteiger partial charge in [-0.15, -0.1) is 0 Å². The fraction of sp³-hybridized carbons (Fsp3) is 0.500. The van der Waals surface area contributed by atoms with Gasteiger partial charge >= 0.3 is 0 Å². The first kappa shape index (κ1) is 11.1. The second-order valence-corrected chi connectivity index (χ2v) is 4.91. The normalized spacial score (nSPS) is 15.4. The maximum absolute atomic E-state index is 10.8. The molecule has 0 aliphatic carbocycles. The third-order valence-electron chi connectivity index (χ3n) is 1.64. The van der Waals surface area contributed by atoms with Crippen molar-refractivity contribution < 1.29 is 8.76 Å². The van der Waals surface area contributed by atoms with Gasteiger partial charge in [-0.2, -0.15) is 0 Å². The summed E-state index contributed by atoms with van der Waals surface area (Å²) in [5.41, 5.74) is 0.818. The first-order valence-corrected chi connectivity index (χ1v) is 5.87. The molecular formula is C8H13N3O2S. The number of rotatable bonds is 3. The number of hydrogen-bond donors (Lipinski definition) is 2. The van der Waals surface area contributed by atoms with Crippen LogP contribution in [0.3, 0.4) is 0 Å². The molecule has 2 N–H and O–H groups in total. The third-order valence-corrected chi connectivity index (χ3v) is 2.29. The quantitative estimate of drug-likeness (QED) is 0.802. The van der Waals surface area contributed by atoms with Gasteiger partial charge in [0.25, 0.3) is 0 Å². The molecule has 0 amide bonds. The van der Waals surface area contributed by atoms with Crippen LogP contribution in [0.1, 0.15) is 31.3 Å². The molecule has 0 saturated heterocycles. The molecule has 1 heterocycles. The van der Waals surface area contributed by atoms with Gasteiger partial charge in [-0.05, 0) is 12.0 Å². The molecule has 1 aromatic heterocycles. The molecule has 0 aliphatic heterocycles. The van der Waals surface area contributed by atoms with E-state index in [1.807, 2.05) is 13.8 Å². The minimum absolute atomic E-state index is 0.247. The Hall–Kier alpha value is -1.01. The van der Waals surface area contributed by atoms with E-state index >= 15 is 0 Å². The van der Waals surface area contributed by atoms with Crippen molar-refractivity contribution in [3.8, 4) is 0 Å². The van der Waals surface area contributed by atoms with Crippen LogP contribution in [-0.2, 0) is 15.8 Å². The Morgan fingerprint density at radius 3 is 2.79 bits per heavy atom. The molecule has 0 radical (unpaired) electrons. The van der Waals surface area contributed by atoms with E-state index in [0.29, 0.717) is 0 Å². The second-order valence-electron chi connectivity index (χ2n) is 3.34. The van der Waals surface area contributed by atoms with E-state index in [0.717, 1.165) is 5.69 Å². The summed E-state index contributed by atoms with van der Waals surface area (Å²) in [6.45, 7) is 3.95. The van der Waals surface area contributed by atoms with Crippen LogP contribution in [0.15, 0.2) is 12.3 Å². The van der Waals surface area contributed by atoms with Crippen molar-refractivity contribution in [3.05, 3.63) is 23.8 Å². The molecule has 1 unspecified atom stereocenters. The summed E-state index contributed by atoms with van der Waals surface area (Å²) in [6.07, 6.45) is 1.54. The van der Waals surface area contributed by atoms with Gasteiger partial charge in [0.1, 0.15) is 11.6 Å². The van der Waals surface area contributed by atoms with Crippen LogP contribution in [-0.4, -0.2) is 18.7 Å². The third kappa shape index (κ3) is 3.39. The molecule has 78 valence electrons. The SMILES string of the molecule is CC(C)c1ccnc(CS(=N)(=O)O)n1. The molecule has 0 fully saturated rings. The predicted molar refractivity (Wildman–Crippen MR) is 53.3 cm³/mol. The van der Waals surface area contributed by atoms with Crippen molar-refractivity contribution in [2.75, 3.05) is 0 Å². The average molecular weight is 215 g/mol. The zero-order valence-electron chi connectivity index (χ0n) is 8.10. The minimum Gasteiger partial charge on any atom is -0.300 e. The summed E-state index contributed by atoms with van der Waals surface area (Å²) in [6, 6.07) is 1.76. The van der Waals surface area contributed by atoms with Crippen molar-refractivity contribution in [3.63, 3.8) is 0 Å². The molecule has 1 rings (SSSR count). The van der Waals surface area contributed by atoms with E-state index in [1.165, 1.54) is 0 Å². The van der Waals surface area contributed by atoms with Crippen LogP contribution in [0, 0.1) is 4.78 Å². The Labute approximate surface area is 83.4 Å². The van der Waals surface area contributed by atoms with Gasteiger partial charge in [0.05, 0.1) is 0 Å². The Morgan fingerprint density at radius 2 is 2.29 bits per heavy atom. The molecule has 1 aromatic rings. The summed E-state index contributed by atoms with van der Waals surface area (Å²) in [4.78, 5) is 7.92. The number of aromatic nitrogens is 2. The molecular weight excluding hydrogens is 202 g/mol. The molecule has 0 aromatic carbocycles. The highest BCUT2D eigenvalue weighted by Crippen LogP contribution is 2.10. The highest BCUT2D eigenvalue weighted by Gasteiger charge is 2.07. The predicted octanol–water partition coefficient (Wildman–Crippen LogP) is 1.62. The fourth-order valence-corrected chi connectivity index (χ4v) is 1.47. The second kappa shape index (κ2) is 4.02. The van der Waals surface area contributed by atoms with Crippen LogP contribution in [0.2, 0.25) is 0 Å². The first-order valence-electron chi connectivity index (χ1n) is 4.19. The molecule has 0 saturated carbocycles. The van der Waals surface area contributed by atoms with E-state index in [-0.39, 0.29) is 17.5 Å². The Kier molecular flexibility index (Phi) is 3.17. The molecule has 0 spiro atoms. The van der Waals surface area contributed by atoms with Crippen molar-refractivity contribution in [1.82, 2.24) is 9.97 Å². The number of nitrogens with zero attached hydrogens (tertiary/aromatic N) is 2. The first-order chi connectivity index (χ1) is 6.38. The van der Waals surface area contributed by atoms with E-state index in [9.17, 15) is 4.21 Å². The standard InChI is InChI=1S/C8H13N3O2S/c1-6(2)7-3-4-10-8(11-7)5-14(9,12)13/h3-4,6H,5H2,1-2H3,(H2,9,12,13). The smallest absolute Gasteiger partial charge is 0.165 e. The summed E-state index contributed by atoms with van der Waals surface area (Å²) in [5, 5.41) is 0. The number of hydrogen-bond acceptors (Lipinski definition) is 4. The fourth-order valence-electron chi connectivity index (χ4n) is 0.981. The van der Waals surface area contributed by atoms with Gasteiger partial charge in [0.15, 0.2) is 10.0 Å². The van der Waals surface area contributed by atoms with Gasteiger partial charge in [0, 0.05) is 11.9 Å². The van der Waals surface area contributed by atoms with Crippen molar-refractivity contribution in [1.29, 1.82) is 4.78 Å². The van der Waals surface area contributed by atoms with Crippen LogP contribution >= 0.6 is 0 Å². The Morgan fingerprint density at radius 1 is 1.64 bits per heavy atom. The van der Waals surface area contributed by atoms with Crippen molar-refractivity contribution >= 4 is 10.0 Å². The average Bonchev–Trinajstić information content (AvgIpc) is 2.01. The molecule has 14 heavy (non-hydrogen) atoms. The minimum atomic E-state index is -3.54. The van der Waals surface area contributed by atoms with Crippen LogP contribution in [0.4, 0.5) is 0 Å². The molecule has 1 atom stereocenters. The number of nitrogens with one attached hydrogen (secondary N) is 1. The lowest BCUT2D eigenvalue weighted by Crippen LogP contribution is -2.06. The van der Waals surface area contributed by atoms with Gasteiger partial charge < -0.3 is 4.55 Å². The summed E-state index contributed by atoms with van der Waals surface area (Å²) in [5.74, 6) is 0.184. The van der Waals surface area contributed by atoms with E-state index in [2.05, 4.69) is 9.97 Å². The Balaban J connectivity index is 2.95. The van der Waals surface area contributed by atoms with Gasteiger partial charge in [-0.25, -0.2) is 19.0 Å². The van der Waals surface area contributed by atoms with Crippen LogP contribution in [0.25, 0.3) is 0 Å². The summed E-state index contributed by atoms with van der Waals surface area (Å²) < 4.78 is 26.4. The highest BCUT2D eigenvalue weighted by atomic mass is 32.2. The van der Waals surface area contributed by atoms with Crippen LogP contribution in [0.5, 0.6) is 0 Å². The molecule has 6 heteroatoms. The summed E-state index contributed by atoms with van der Waals surface area (Å²) >= 11 is 0. The lowest BCUT2D eigenvalue weighted by atomic mass is 10.1. The van der Waals surface area contributed by atoms with E-state index in [4.69, 9.17) is 9.33 Å². The highest BCUT2D eigenvalue weighted by molar-refractivity contribution is 7.86. The zero-order valence-corrected chi connectivity index (χ0v) is 8.91. The molecule has 0 bridgehead atoms. The van der Waals surface area contributed by atoms with Crippen molar-refractivity contribution in [2.45, 2.75) is 25.5 Å². The zero-order chi connectivity index (χ0) is 10.8. The van der Waals surface area contributed by atoms with Crippen LogP contribution < -0.4 is 0 Å². The van der Waals surface area contributed by atoms with Gasteiger partial charge in [-0.1, -0.05) is 13.8 Å². The van der Waals surface area contributed by atoms with Gasteiger partial charge in [-0.3, -0.25) is 0 Å². The lowest BCUT2D eigenvalue weighted by molar-refractivity contribution is 0.545. The van der Waals surface area contributed by atoms with E-state index < -0.39 is 10.0 Å².